The van der Waals surface area contributed by atoms with Crippen LogP contribution in [-0.2, 0) is 4.79 Å². The van der Waals surface area contributed by atoms with E-state index >= 15 is 0 Å². The number of carbonyl (C=O) groups is 1. The molecule has 0 N–H and O–H groups in total. The maximum atomic E-state index is 14.2. The van der Waals surface area contributed by atoms with Crippen molar-refractivity contribution >= 4 is 11.6 Å². The number of hydrogen-bond acceptors (Lipinski definition) is 4. The molecule has 1 amide bonds. The van der Waals surface area contributed by atoms with Gasteiger partial charge in [0.25, 0.3) is 0 Å². The van der Waals surface area contributed by atoms with E-state index < -0.39 is 0 Å². The minimum Gasteiger partial charge on any atom is -0.369 e. The van der Waals surface area contributed by atoms with E-state index in [1.54, 1.807) is 6.07 Å². The van der Waals surface area contributed by atoms with Crippen LogP contribution in [0.1, 0.15) is 24.8 Å². The zero-order chi connectivity index (χ0) is 22.8. The topological polar surface area (TPSA) is 30.0 Å². The highest BCUT2D eigenvalue weighted by Crippen LogP contribution is 2.27. The molecule has 0 aromatic heterocycles. The third kappa shape index (κ3) is 5.07. The lowest BCUT2D eigenvalue weighted by atomic mass is 9.91. The third-order valence-electron chi connectivity index (χ3n) is 7.65. The van der Waals surface area contributed by atoms with Crippen LogP contribution < -0.4 is 4.90 Å². The van der Waals surface area contributed by atoms with Gasteiger partial charge in [-0.25, -0.2) is 4.39 Å². The molecule has 2 saturated heterocycles. The number of carbonyl (C=O) groups excluding carboxylic acids is 1. The molecule has 1 saturated carbocycles. The van der Waals surface area contributed by atoms with Gasteiger partial charge in [-0.3, -0.25) is 14.6 Å². The molecule has 0 unspecified atom stereocenters. The van der Waals surface area contributed by atoms with Gasteiger partial charge in [-0.15, -0.1) is 0 Å². The van der Waals surface area contributed by atoms with Crippen LogP contribution in [0.5, 0.6) is 0 Å². The molecule has 3 aliphatic rings. The van der Waals surface area contributed by atoms with Crippen LogP contribution in [0.25, 0.3) is 11.1 Å². The maximum Gasteiger partial charge on any atom is 0.236 e. The number of hydrogen-bond donors (Lipinski definition) is 0. The fourth-order valence-electron chi connectivity index (χ4n) is 5.26. The second kappa shape index (κ2) is 9.82. The zero-order valence-electron chi connectivity index (χ0n) is 19.7. The first-order valence-electron chi connectivity index (χ1n) is 12.4. The van der Waals surface area contributed by atoms with E-state index in [4.69, 9.17) is 0 Å². The summed E-state index contributed by atoms with van der Waals surface area (Å²) in [5.74, 6) is 0.0947. The summed E-state index contributed by atoms with van der Waals surface area (Å²) in [4.78, 5) is 22.1. The quantitative estimate of drug-likeness (QED) is 0.696. The Morgan fingerprint density at radius 3 is 2.24 bits per heavy atom. The van der Waals surface area contributed by atoms with Crippen LogP contribution in [-0.4, -0.2) is 85.6 Å². The molecule has 2 aromatic rings. The van der Waals surface area contributed by atoms with Gasteiger partial charge in [0.15, 0.2) is 0 Å². The second-order valence-corrected chi connectivity index (χ2v) is 9.79. The number of piperazine rings is 2. The summed E-state index contributed by atoms with van der Waals surface area (Å²) >= 11 is 0. The van der Waals surface area contributed by atoms with E-state index in [1.807, 2.05) is 25.1 Å². The normalized spacial score (nSPS) is 20.7. The van der Waals surface area contributed by atoms with Gasteiger partial charge in [-0.05, 0) is 49.6 Å². The fraction of sp³-hybridized carbons (Fsp3) is 0.519. The Kier molecular flexibility index (Phi) is 6.65. The Balaban J connectivity index is 1.10. The summed E-state index contributed by atoms with van der Waals surface area (Å²) in [7, 11) is 0. The first kappa shape index (κ1) is 22.4. The number of halogens is 1. The van der Waals surface area contributed by atoms with E-state index in [9.17, 15) is 9.18 Å². The molecule has 0 bridgehead atoms. The number of amides is 1. The highest BCUT2D eigenvalue weighted by Gasteiger charge is 2.30. The summed E-state index contributed by atoms with van der Waals surface area (Å²) in [5.41, 5.74) is 3.77. The average Bonchev–Trinajstić information content (AvgIpc) is 2.81. The highest BCUT2D eigenvalue weighted by atomic mass is 19.1. The Labute approximate surface area is 196 Å². The van der Waals surface area contributed by atoms with Crippen molar-refractivity contribution in [2.45, 2.75) is 32.2 Å². The van der Waals surface area contributed by atoms with Crippen molar-refractivity contribution in [2.75, 3.05) is 63.8 Å². The van der Waals surface area contributed by atoms with Crippen molar-refractivity contribution in [2.24, 2.45) is 0 Å². The van der Waals surface area contributed by atoms with Crippen LogP contribution in [0, 0.1) is 12.7 Å². The molecule has 1 aliphatic carbocycles. The van der Waals surface area contributed by atoms with Gasteiger partial charge in [-0.2, -0.15) is 0 Å². The van der Waals surface area contributed by atoms with Crippen molar-refractivity contribution in [3.63, 3.8) is 0 Å². The molecule has 2 aliphatic heterocycles. The number of benzene rings is 2. The zero-order valence-corrected chi connectivity index (χ0v) is 19.7. The average molecular weight is 451 g/mol. The second-order valence-electron chi connectivity index (χ2n) is 9.79. The van der Waals surface area contributed by atoms with Crippen LogP contribution in [0.15, 0.2) is 42.5 Å². The molecule has 0 atom stereocenters. The lowest BCUT2D eigenvalue weighted by Gasteiger charge is -2.43. The minimum absolute atomic E-state index is 0.184. The van der Waals surface area contributed by atoms with Crippen molar-refractivity contribution < 1.29 is 9.18 Å². The fourth-order valence-corrected chi connectivity index (χ4v) is 5.26. The van der Waals surface area contributed by atoms with Crippen molar-refractivity contribution in [3.8, 4) is 11.1 Å². The molecule has 33 heavy (non-hydrogen) atoms. The molecular weight excluding hydrogens is 415 g/mol. The first-order chi connectivity index (χ1) is 16.1. The molecule has 2 aromatic carbocycles. The predicted octanol–water partition coefficient (Wildman–Crippen LogP) is 3.62. The third-order valence-corrected chi connectivity index (χ3v) is 7.65. The number of rotatable bonds is 5. The molecule has 0 spiro atoms. The van der Waals surface area contributed by atoms with Gasteiger partial charge >= 0.3 is 0 Å². The first-order valence-corrected chi connectivity index (χ1v) is 12.4. The lowest BCUT2D eigenvalue weighted by molar-refractivity contribution is -0.134. The van der Waals surface area contributed by atoms with E-state index in [2.05, 4.69) is 31.7 Å². The SMILES string of the molecule is Cc1ccc(F)c(-c2ccc(N3CCN(CC(=O)N4CCN(C5CCC5)CC4)CC3)cc2)c1. The molecule has 5 nitrogen and oxygen atoms in total. The molecule has 2 heterocycles. The summed E-state index contributed by atoms with van der Waals surface area (Å²) in [6.07, 6.45) is 4.04. The smallest absolute Gasteiger partial charge is 0.236 e. The molecule has 3 fully saturated rings. The minimum atomic E-state index is -0.184. The predicted molar refractivity (Wildman–Crippen MR) is 131 cm³/mol. The van der Waals surface area contributed by atoms with Gasteiger partial charge in [0.2, 0.25) is 5.91 Å². The van der Waals surface area contributed by atoms with Gasteiger partial charge in [0, 0.05) is 69.7 Å². The standard InChI is InChI=1S/C27H35FN4O/c1-21-5-10-26(28)25(19-21)22-6-8-24(9-7-22)30-13-11-29(12-14-30)20-27(33)32-17-15-31(16-18-32)23-3-2-4-23/h5-10,19,23H,2-4,11-18,20H2,1H3. The van der Waals surface area contributed by atoms with Crippen LogP contribution in [0.4, 0.5) is 10.1 Å². The Morgan fingerprint density at radius 2 is 1.61 bits per heavy atom. The Morgan fingerprint density at radius 1 is 0.909 bits per heavy atom. The Bertz CT molecular complexity index is 959. The van der Waals surface area contributed by atoms with E-state index in [-0.39, 0.29) is 11.7 Å². The van der Waals surface area contributed by atoms with Crippen molar-refractivity contribution in [3.05, 3.63) is 53.8 Å². The van der Waals surface area contributed by atoms with Gasteiger partial charge < -0.3 is 9.80 Å². The summed E-state index contributed by atoms with van der Waals surface area (Å²) in [6, 6.07) is 14.2. The maximum absolute atomic E-state index is 14.2. The largest absolute Gasteiger partial charge is 0.369 e. The van der Waals surface area contributed by atoms with E-state index in [0.717, 1.165) is 75.2 Å². The number of aryl methyl sites for hydroxylation is 1. The molecular formula is C27H35FN4O. The van der Waals surface area contributed by atoms with Gasteiger partial charge in [-0.1, -0.05) is 30.2 Å². The molecule has 176 valence electrons. The van der Waals surface area contributed by atoms with E-state index in [1.165, 1.54) is 25.3 Å². The Hall–Kier alpha value is -2.44. The summed E-state index contributed by atoms with van der Waals surface area (Å²) in [6.45, 7) is 9.93. The van der Waals surface area contributed by atoms with Gasteiger partial charge in [0.05, 0.1) is 6.54 Å². The summed E-state index contributed by atoms with van der Waals surface area (Å²) < 4.78 is 14.2. The monoisotopic (exact) mass is 450 g/mol. The molecule has 6 heteroatoms. The van der Waals surface area contributed by atoms with Crippen LogP contribution >= 0.6 is 0 Å². The highest BCUT2D eigenvalue weighted by molar-refractivity contribution is 5.78. The number of nitrogens with zero attached hydrogens (tertiary/aromatic N) is 4. The van der Waals surface area contributed by atoms with Crippen LogP contribution in [0.3, 0.4) is 0 Å². The van der Waals surface area contributed by atoms with E-state index in [0.29, 0.717) is 12.1 Å². The van der Waals surface area contributed by atoms with Crippen molar-refractivity contribution in [1.29, 1.82) is 0 Å². The summed E-state index contributed by atoms with van der Waals surface area (Å²) in [5, 5.41) is 0. The van der Waals surface area contributed by atoms with Gasteiger partial charge in [0.1, 0.15) is 5.82 Å². The molecule has 0 radical (unpaired) electrons. The number of anilines is 1. The van der Waals surface area contributed by atoms with Crippen molar-refractivity contribution in [1.82, 2.24) is 14.7 Å². The van der Waals surface area contributed by atoms with Crippen LogP contribution in [0.2, 0.25) is 0 Å². The lowest BCUT2D eigenvalue weighted by Crippen LogP contribution is -2.56. The molecule has 5 rings (SSSR count).